The molecule has 1 aromatic heterocycles. The lowest BCUT2D eigenvalue weighted by atomic mass is 10.1. The largest absolute Gasteiger partial charge is 0.416 e. The minimum absolute atomic E-state index is 0.0138. The Morgan fingerprint density at radius 3 is 2.29 bits per heavy atom. The normalized spacial score (nSPS) is 15.4. The van der Waals surface area contributed by atoms with E-state index in [9.17, 15) is 22.8 Å². The highest BCUT2D eigenvalue weighted by Gasteiger charge is 2.30. The Labute approximate surface area is 160 Å². The van der Waals surface area contributed by atoms with Crippen LogP contribution >= 0.6 is 0 Å². The van der Waals surface area contributed by atoms with E-state index < -0.39 is 17.6 Å². The number of hydrogen-bond donors (Lipinski definition) is 1. The molecule has 2 heterocycles. The van der Waals surface area contributed by atoms with E-state index in [1.807, 2.05) is 7.05 Å². The number of piperazine rings is 1. The lowest BCUT2D eigenvalue weighted by molar-refractivity contribution is -0.137. The Hall–Kier alpha value is -2.94. The van der Waals surface area contributed by atoms with Crippen molar-refractivity contribution >= 4 is 17.5 Å². The Kier molecular flexibility index (Phi) is 5.64. The van der Waals surface area contributed by atoms with Crippen molar-refractivity contribution in [1.29, 1.82) is 0 Å². The van der Waals surface area contributed by atoms with Gasteiger partial charge in [0.15, 0.2) is 0 Å². The maximum Gasteiger partial charge on any atom is 0.416 e. The lowest BCUT2D eigenvalue weighted by Crippen LogP contribution is -2.47. The maximum absolute atomic E-state index is 12.6. The third-order valence-corrected chi connectivity index (χ3v) is 4.50. The molecule has 2 aromatic rings. The number of benzene rings is 1. The second-order valence-corrected chi connectivity index (χ2v) is 6.55. The number of pyridine rings is 1. The molecule has 1 N–H and O–H groups in total. The van der Waals surface area contributed by atoms with Gasteiger partial charge in [0.1, 0.15) is 5.69 Å². The Balaban J connectivity index is 1.69. The maximum atomic E-state index is 12.6. The molecule has 1 aliphatic heterocycles. The zero-order chi connectivity index (χ0) is 20.3. The third-order valence-electron chi connectivity index (χ3n) is 4.50. The third kappa shape index (κ3) is 4.66. The molecule has 0 spiro atoms. The average molecular weight is 392 g/mol. The highest BCUT2D eigenvalue weighted by atomic mass is 19.4. The first-order valence-electron chi connectivity index (χ1n) is 8.66. The van der Waals surface area contributed by atoms with E-state index in [1.165, 1.54) is 30.5 Å². The van der Waals surface area contributed by atoms with Crippen molar-refractivity contribution in [3.63, 3.8) is 0 Å². The van der Waals surface area contributed by atoms with Gasteiger partial charge in [0.25, 0.3) is 11.8 Å². The van der Waals surface area contributed by atoms with Gasteiger partial charge in [0.05, 0.1) is 5.56 Å². The zero-order valence-electron chi connectivity index (χ0n) is 15.2. The van der Waals surface area contributed by atoms with Crippen molar-refractivity contribution in [2.24, 2.45) is 0 Å². The molecule has 1 saturated heterocycles. The summed E-state index contributed by atoms with van der Waals surface area (Å²) in [7, 11) is 1.98. The van der Waals surface area contributed by atoms with E-state index in [0.717, 1.165) is 25.2 Å². The first-order valence-corrected chi connectivity index (χ1v) is 8.66. The minimum atomic E-state index is -4.44. The average Bonchev–Trinajstić information content (AvgIpc) is 2.68. The van der Waals surface area contributed by atoms with Crippen LogP contribution in [0.25, 0.3) is 0 Å². The number of rotatable bonds is 3. The summed E-state index contributed by atoms with van der Waals surface area (Å²) < 4.78 is 37.8. The van der Waals surface area contributed by atoms with Crippen LogP contribution in [0.2, 0.25) is 0 Å². The molecule has 0 bridgehead atoms. The topological polar surface area (TPSA) is 65.5 Å². The monoisotopic (exact) mass is 392 g/mol. The molecule has 2 amide bonds. The molecule has 148 valence electrons. The SMILES string of the molecule is CN1CCN(C(=O)c2ccnc(C(=O)Nc3ccc(C(F)(F)F)cc3)c2)CC1. The molecular weight excluding hydrogens is 373 g/mol. The highest BCUT2D eigenvalue weighted by molar-refractivity contribution is 6.04. The summed E-state index contributed by atoms with van der Waals surface area (Å²) in [5.41, 5.74) is -0.240. The molecule has 1 aromatic carbocycles. The van der Waals surface area contributed by atoms with Gasteiger partial charge in [0.2, 0.25) is 0 Å². The number of alkyl halides is 3. The van der Waals surface area contributed by atoms with E-state index in [2.05, 4.69) is 15.2 Å². The number of nitrogens with one attached hydrogen (secondary N) is 1. The summed E-state index contributed by atoms with van der Waals surface area (Å²) in [6, 6.07) is 7.03. The summed E-state index contributed by atoms with van der Waals surface area (Å²) >= 11 is 0. The van der Waals surface area contributed by atoms with Gasteiger partial charge in [-0.1, -0.05) is 0 Å². The van der Waals surface area contributed by atoms with Crippen LogP contribution in [-0.2, 0) is 6.18 Å². The first-order chi connectivity index (χ1) is 13.2. The van der Waals surface area contributed by atoms with Gasteiger partial charge < -0.3 is 15.1 Å². The number of anilines is 1. The zero-order valence-corrected chi connectivity index (χ0v) is 15.2. The second-order valence-electron chi connectivity index (χ2n) is 6.55. The van der Waals surface area contributed by atoms with Gasteiger partial charge in [-0.25, -0.2) is 0 Å². The number of aromatic nitrogens is 1. The fourth-order valence-corrected chi connectivity index (χ4v) is 2.82. The van der Waals surface area contributed by atoms with Gasteiger partial charge in [-0.2, -0.15) is 13.2 Å². The smallest absolute Gasteiger partial charge is 0.336 e. The van der Waals surface area contributed by atoms with E-state index >= 15 is 0 Å². The predicted molar refractivity (Wildman–Crippen MR) is 97.0 cm³/mol. The fraction of sp³-hybridized carbons (Fsp3) is 0.316. The molecule has 9 heteroatoms. The van der Waals surface area contributed by atoms with Crippen LogP contribution in [0.3, 0.4) is 0 Å². The first kappa shape index (κ1) is 19.8. The van der Waals surface area contributed by atoms with E-state index in [-0.39, 0.29) is 17.3 Å². The molecule has 0 atom stereocenters. The van der Waals surface area contributed by atoms with Gasteiger partial charge in [0, 0.05) is 43.6 Å². The predicted octanol–water partition coefficient (Wildman–Crippen LogP) is 2.74. The summed E-state index contributed by atoms with van der Waals surface area (Å²) in [6.45, 7) is 2.76. The molecular formula is C19H19F3N4O2. The van der Waals surface area contributed by atoms with Crippen LogP contribution in [0.15, 0.2) is 42.6 Å². The van der Waals surface area contributed by atoms with Crippen LogP contribution in [-0.4, -0.2) is 59.8 Å². The Morgan fingerprint density at radius 2 is 1.68 bits per heavy atom. The van der Waals surface area contributed by atoms with Crippen molar-refractivity contribution < 1.29 is 22.8 Å². The van der Waals surface area contributed by atoms with Crippen molar-refractivity contribution in [3.05, 3.63) is 59.4 Å². The molecule has 1 aliphatic rings. The van der Waals surface area contributed by atoms with Crippen LogP contribution in [0.5, 0.6) is 0 Å². The van der Waals surface area contributed by atoms with Crippen LogP contribution in [0.4, 0.5) is 18.9 Å². The van der Waals surface area contributed by atoms with Gasteiger partial charge in [-0.3, -0.25) is 14.6 Å². The number of halogens is 3. The standard InChI is InChI=1S/C19H19F3N4O2/c1-25-8-10-26(11-9-25)18(28)13-6-7-23-16(12-13)17(27)24-15-4-2-14(3-5-15)19(20,21)22/h2-7,12H,8-11H2,1H3,(H,24,27). The van der Waals surface area contributed by atoms with Crippen LogP contribution < -0.4 is 5.32 Å². The van der Waals surface area contributed by atoms with Gasteiger partial charge >= 0.3 is 6.18 Å². The number of hydrogen-bond acceptors (Lipinski definition) is 4. The number of carbonyl (C=O) groups is 2. The summed E-state index contributed by atoms with van der Waals surface area (Å²) in [5.74, 6) is -0.785. The minimum Gasteiger partial charge on any atom is -0.336 e. The summed E-state index contributed by atoms with van der Waals surface area (Å²) in [5, 5.41) is 2.49. The van der Waals surface area contributed by atoms with Crippen molar-refractivity contribution in [1.82, 2.24) is 14.8 Å². The number of amides is 2. The molecule has 6 nitrogen and oxygen atoms in total. The molecule has 3 rings (SSSR count). The summed E-state index contributed by atoms with van der Waals surface area (Å²) in [4.78, 5) is 32.8. The van der Waals surface area contributed by atoms with E-state index in [0.29, 0.717) is 18.7 Å². The molecule has 0 unspecified atom stereocenters. The van der Waals surface area contributed by atoms with Gasteiger partial charge in [-0.05, 0) is 43.4 Å². The summed E-state index contributed by atoms with van der Waals surface area (Å²) in [6.07, 6.45) is -3.08. The molecule has 1 fully saturated rings. The van der Waals surface area contributed by atoms with Crippen LogP contribution in [0.1, 0.15) is 26.4 Å². The quantitative estimate of drug-likeness (QED) is 0.873. The molecule has 28 heavy (non-hydrogen) atoms. The molecule has 0 saturated carbocycles. The molecule has 0 radical (unpaired) electrons. The number of likely N-dealkylation sites (N-methyl/N-ethyl adjacent to an activating group) is 1. The number of nitrogens with zero attached hydrogens (tertiary/aromatic N) is 3. The Bertz CT molecular complexity index is 860. The Morgan fingerprint density at radius 1 is 1.04 bits per heavy atom. The van der Waals surface area contributed by atoms with E-state index in [1.54, 1.807) is 4.90 Å². The van der Waals surface area contributed by atoms with Crippen molar-refractivity contribution in [3.8, 4) is 0 Å². The fourth-order valence-electron chi connectivity index (χ4n) is 2.82. The van der Waals surface area contributed by atoms with Gasteiger partial charge in [-0.15, -0.1) is 0 Å². The number of carbonyl (C=O) groups excluding carboxylic acids is 2. The van der Waals surface area contributed by atoms with Crippen molar-refractivity contribution in [2.75, 3.05) is 38.5 Å². The molecule has 0 aliphatic carbocycles. The highest BCUT2D eigenvalue weighted by Crippen LogP contribution is 2.29. The van der Waals surface area contributed by atoms with Crippen LogP contribution in [0, 0.1) is 0 Å². The van der Waals surface area contributed by atoms with E-state index in [4.69, 9.17) is 0 Å². The van der Waals surface area contributed by atoms with Crippen molar-refractivity contribution in [2.45, 2.75) is 6.18 Å². The second kappa shape index (κ2) is 7.97. The lowest BCUT2D eigenvalue weighted by Gasteiger charge is -2.32.